The molecule has 0 aliphatic heterocycles. The highest BCUT2D eigenvalue weighted by Gasteiger charge is 2.37. The van der Waals surface area contributed by atoms with Crippen molar-refractivity contribution in [2.75, 3.05) is 0 Å². The maximum Gasteiger partial charge on any atom is 0.195 e. The second kappa shape index (κ2) is 22.9. The molecule has 12 aromatic carbocycles. The number of rotatable bonds is 14. The Bertz CT molecular complexity index is 4250. The van der Waals surface area contributed by atoms with Crippen LogP contribution in [0.4, 0.5) is 0 Å². The van der Waals surface area contributed by atoms with Crippen molar-refractivity contribution in [2.24, 2.45) is 0 Å². The molecule has 0 saturated heterocycles. The number of allylic oxidation sites excluding steroid dienone is 8. The number of carbonyl (C=O) groups excluding carboxylic acids is 2. The molecule has 0 spiro atoms. The summed E-state index contributed by atoms with van der Waals surface area (Å²) in [6.45, 7) is 0. The highest BCUT2D eigenvalue weighted by molar-refractivity contribution is 6.60. The summed E-state index contributed by atoms with van der Waals surface area (Å²) in [5.74, 6) is 1.22. The zero-order valence-corrected chi connectivity index (χ0v) is 46.4. The number of benzene rings is 12. The Kier molecular flexibility index (Phi) is 14.0. The van der Waals surface area contributed by atoms with E-state index >= 15 is 9.59 Å². The van der Waals surface area contributed by atoms with Crippen molar-refractivity contribution in [3.05, 3.63) is 372 Å². The van der Waals surface area contributed by atoms with Crippen molar-refractivity contribution >= 4 is 56.2 Å². The quantitative estimate of drug-likeness (QED) is 0.109. The van der Waals surface area contributed by atoms with E-state index in [9.17, 15) is 0 Å². The zero-order valence-electron chi connectivity index (χ0n) is 46.4. The first-order valence-corrected chi connectivity index (χ1v) is 28.7. The molecule has 3 heteroatoms. The first kappa shape index (κ1) is 51.9. The van der Waals surface area contributed by atoms with Crippen molar-refractivity contribution in [1.29, 1.82) is 0 Å². The van der Waals surface area contributed by atoms with Gasteiger partial charge in [-0.25, -0.2) is 0 Å². The van der Waals surface area contributed by atoms with E-state index in [2.05, 4.69) is 194 Å². The van der Waals surface area contributed by atoms with Gasteiger partial charge in [-0.05, 0) is 113 Å². The monoisotopic (exact) mass is 1090 g/mol. The summed E-state index contributed by atoms with van der Waals surface area (Å²) < 4.78 is 6.71. The average Bonchev–Trinajstić information content (AvgIpc) is 2.76. The van der Waals surface area contributed by atoms with Crippen molar-refractivity contribution in [3.8, 4) is 56.0 Å². The van der Waals surface area contributed by atoms with E-state index in [1.54, 1.807) is 0 Å². The Morgan fingerprint density at radius 1 is 0.141 bits per heavy atom. The highest BCUT2D eigenvalue weighted by atomic mass is 16.5. The van der Waals surface area contributed by atoms with E-state index < -0.39 is 0 Å². The van der Waals surface area contributed by atoms with Gasteiger partial charge in [0.05, 0.1) is 0 Å². The van der Waals surface area contributed by atoms with E-state index in [1.807, 2.05) is 133 Å². The van der Waals surface area contributed by atoms with Gasteiger partial charge in [-0.15, -0.1) is 0 Å². The molecule has 0 radical (unpaired) electrons. The summed E-state index contributed by atoms with van der Waals surface area (Å²) in [6.07, 6.45) is 0. The topological polar surface area (TPSA) is 43.4 Å². The van der Waals surface area contributed by atoms with Crippen molar-refractivity contribution in [2.45, 2.75) is 0 Å². The van der Waals surface area contributed by atoms with Gasteiger partial charge in [-0.1, -0.05) is 303 Å². The average molecular weight is 1090 g/mol. The molecule has 0 aromatic heterocycles. The highest BCUT2D eigenvalue weighted by Crippen LogP contribution is 2.52. The lowest BCUT2D eigenvalue weighted by Crippen LogP contribution is -2.02. The molecule has 0 bridgehead atoms. The van der Waals surface area contributed by atoms with Gasteiger partial charge in [0.2, 0.25) is 0 Å². The summed E-state index contributed by atoms with van der Waals surface area (Å²) >= 11 is 0. The lowest BCUT2D eigenvalue weighted by atomic mass is 9.88. The molecule has 0 amide bonds. The molecule has 400 valence electrons. The third kappa shape index (κ3) is 10.2. The van der Waals surface area contributed by atoms with Crippen molar-refractivity contribution in [1.82, 2.24) is 0 Å². The number of ketones is 2. The fourth-order valence-electron chi connectivity index (χ4n) is 12.0. The van der Waals surface area contributed by atoms with Gasteiger partial charge < -0.3 is 4.74 Å². The molecule has 12 aromatic rings. The first-order chi connectivity index (χ1) is 42.0. The van der Waals surface area contributed by atoms with Crippen molar-refractivity contribution in [3.63, 3.8) is 0 Å². The molecule has 0 heterocycles. The molecule has 0 atom stereocenters. The fourth-order valence-corrected chi connectivity index (χ4v) is 12.0. The lowest BCUT2D eigenvalue weighted by molar-refractivity contribution is -0.109. The molecule has 2 aliphatic carbocycles. The van der Waals surface area contributed by atoms with Gasteiger partial charge in [0, 0.05) is 44.6 Å². The van der Waals surface area contributed by atoms with Crippen LogP contribution in [0.15, 0.2) is 328 Å². The minimum absolute atomic E-state index is 0.0271. The Balaban J connectivity index is 0.850. The van der Waals surface area contributed by atoms with Gasteiger partial charge in [-0.2, -0.15) is 0 Å². The van der Waals surface area contributed by atoms with Crippen LogP contribution in [0.1, 0.15) is 44.5 Å². The Morgan fingerprint density at radius 2 is 0.282 bits per heavy atom. The molecular weight excluding hydrogens is 1030 g/mol. The van der Waals surface area contributed by atoms with Crippen LogP contribution in [0.3, 0.4) is 0 Å². The maximum atomic E-state index is 15.4. The molecule has 2 aliphatic rings. The van der Waals surface area contributed by atoms with Gasteiger partial charge >= 0.3 is 0 Å². The predicted octanol–water partition coefficient (Wildman–Crippen LogP) is 20.4. The molecule has 3 nitrogen and oxygen atoms in total. The minimum atomic E-state index is -0.0271. The van der Waals surface area contributed by atoms with E-state index in [4.69, 9.17) is 4.74 Å². The van der Waals surface area contributed by atoms with Gasteiger partial charge in [-0.3, -0.25) is 9.59 Å². The molecule has 0 unspecified atom stereocenters. The SMILES string of the molecule is O=C1C(c2ccc(-c3ccccc3)cc2)=C(c2ccc(Oc3ccc(C4=C(c5ccc(-c6ccccc6)cc5)C(=O)C(c5ccccc5)=C4c4ccc(-c5ccccc5)cc4)cc3)cc2)C(c2ccc(-c3ccccc3)cc2)=C1c1ccccc1. The van der Waals surface area contributed by atoms with E-state index in [1.165, 1.54) is 0 Å². The Hall–Kier alpha value is -11.3. The summed E-state index contributed by atoms with van der Waals surface area (Å²) in [7, 11) is 0. The van der Waals surface area contributed by atoms with Crippen LogP contribution in [0.25, 0.3) is 89.1 Å². The maximum absolute atomic E-state index is 15.4. The largest absolute Gasteiger partial charge is 0.457 e. The number of ether oxygens (including phenoxy) is 1. The predicted molar refractivity (Wildman–Crippen MR) is 351 cm³/mol. The second-order valence-corrected chi connectivity index (χ2v) is 21.3. The molecule has 14 rings (SSSR count). The number of Topliss-reactive ketones (excluding diaryl/α,β-unsaturated/α-hetero) is 2. The van der Waals surface area contributed by atoms with Crippen LogP contribution >= 0.6 is 0 Å². The number of hydrogen-bond acceptors (Lipinski definition) is 3. The molecule has 0 fully saturated rings. The van der Waals surface area contributed by atoms with Crippen LogP contribution in [0, 0.1) is 0 Å². The van der Waals surface area contributed by atoms with Crippen molar-refractivity contribution < 1.29 is 14.3 Å². The lowest BCUT2D eigenvalue weighted by Gasteiger charge is -2.16. The van der Waals surface area contributed by atoms with Crippen LogP contribution in [-0.4, -0.2) is 11.6 Å². The fraction of sp³-hybridized carbons (Fsp3) is 0. The number of carbonyl (C=O) groups is 2. The van der Waals surface area contributed by atoms with E-state index in [0.29, 0.717) is 33.8 Å². The van der Waals surface area contributed by atoms with Crippen LogP contribution in [0.2, 0.25) is 0 Å². The van der Waals surface area contributed by atoms with Gasteiger partial charge in [0.25, 0.3) is 0 Å². The van der Waals surface area contributed by atoms with Gasteiger partial charge in [0.1, 0.15) is 11.5 Å². The minimum Gasteiger partial charge on any atom is -0.457 e. The molecule has 85 heavy (non-hydrogen) atoms. The third-order valence-electron chi connectivity index (χ3n) is 16.2. The molecular formula is C82H54O3. The van der Waals surface area contributed by atoms with Crippen LogP contribution < -0.4 is 4.74 Å². The van der Waals surface area contributed by atoms with E-state index in [0.717, 1.165) is 111 Å². The molecule has 0 saturated carbocycles. The normalized spacial score (nSPS) is 13.3. The molecule has 0 N–H and O–H groups in total. The van der Waals surface area contributed by atoms with Gasteiger partial charge in [0.15, 0.2) is 11.6 Å². The Labute approximate surface area is 495 Å². The second-order valence-electron chi connectivity index (χ2n) is 21.3. The summed E-state index contributed by atoms with van der Waals surface area (Å²) in [6, 6.07) is 111. The van der Waals surface area contributed by atoms with Crippen LogP contribution in [0.5, 0.6) is 11.5 Å². The smallest absolute Gasteiger partial charge is 0.195 e. The van der Waals surface area contributed by atoms with E-state index in [-0.39, 0.29) is 11.6 Å². The first-order valence-electron chi connectivity index (χ1n) is 28.7. The standard InChI is InChI=1S/C82H54O3/c83-81-77(63-27-15-5-16-28-63)73(65-39-31-59(32-40-65)55-19-7-1-8-20-55)75(79(81)69-43-35-61(36-44-69)57-23-11-3-12-24-57)67-47-51-71(52-48-67)85-72-53-49-68(50-54-72)76-74(66-41-33-60(34-42-66)56-21-9-2-10-22-56)78(64-29-17-6-18-30-64)82(84)80(76)70-45-37-62(38-46-70)58-25-13-4-14-26-58/h1-54H. The Morgan fingerprint density at radius 3 is 0.494 bits per heavy atom. The summed E-state index contributed by atoms with van der Waals surface area (Å²) in [5.41, 5.74) is 22.0. The summed E-state index contributed by atoms with van der Waals surface area (Å²) in [5, 5.41) is 0. The number of hydrogen-bond donors (Lipinski definition) is 0. The summed E-state index contributed by atoms with van der Waals surface area (Å²) in [4.78, 5) is 30.9. The third-order valence-corrected chi connectivity index (χ3v) is 16.2. The van der Waals surface area contributed by atoms with Crippen LogP contribution in [-0.2, 0) is 9.59 Å². The zero-order chi connectivity index (χ0) is 57.1.